The molecule has 0 saturated carbocycles. The first-order valence-electron chi connectivity index (χ1n) is 6.12. The standard InChI is InChI=1S/C12H13ClFNO5S/c13-9-3-1-7(14)5-11(9)21(18,19)15-6-8-2-4-10(20-8)12(16)17/h1,3,5,8,10,15H,2,4,6H2,(H,16,17). The van der Waals surface area contributed by atoms with Gasteiger partial charge in [0.05, 0.1) is 11.1 Å². The van der Waals surface area contributed by atoms with E-state index in [1.54, 1.807) is 0 Å². The molecule has 1 saturated heterocycles. The second kappa shape index (κ2) is 6.27. The molecule has 1 aromatic rings. The van der Waals surface area contributed by atoms with Gasteiger partial charge >= 0.3 is 5.97 Å². The first-order valence-corrected chi connectivity index (χ1v) is 7.98. The number of hydrogen-bond acceptors (Lipinski definition) is 4. The fourth-order valence-corrected chi connectivity index (χ4v) is 3.58. The molecule has 9 heteroatoms. The van der Waals surface area contributed by atoms with Crippen molar-refractivity contribution in [1.82, 2.24) is 4.72 Å². The predicted octanol–water partition coefficient (Wildman–Crippen LogP) is 1.39. The Balaban J connectivity index is 2.02. The van der Waals surface area contributed by atoms with Crippen molar-refractivity contribution in [2.45, 2.75) is 29.9 Å². The second-order valence-corrected chi connectivity index (χ2v) is 6.73. The third-order valence-electron chi connectivity index (χ3n) is 3.07. The van der Waals surface area contributed by atoms with E-state index < -0.39 is 34.0 Å². The maximum atomic E-state index is 13.1. The lowest BCUT2D eigenvalue weighted by molar-refractivity contribution is -0.149. The lowest BCUT2D eigenvalue weighted by Gasteiger charge is -2.13. The molecule has 2 rings (SSSR count). The summed E-state index contributed by atoms with van der Waals surface area (Å²) in [5.41, 5.74) is 0. The fraction of sp³-hybridized carbons (Fsp3) is 0.417. The summed E-state index contributed by atoms with van der Waals surface area (Å²) in [6.45, 7) is -0.0983. The summed E-state index contributed by atoms with van der Waals surface area (Å²) in [5, 5.41) is 8.68. The van der Waals surface area contributed by atoms with Gasteiger partial charge in [0.15, 0.2) is 6.10 Å². The number of sulfonamides is 1. The number of ether oxygens (including phenoxy) is 1. The van der Waals surface area contributed by atoms with Crippen LogP contribution in [0, 0.1) is 5.82 Å². The highest BCUT2D eigenvalue weighted by Crippen LogP contribution is 2.23. The normalized spacial score (nSPS) is 22.4. The van der Waals surface area contributed by atoms with E-state index in [1.807, 2.05) is 0 Å². The summed E-state index contributed by atoms with van der Waals surface area (Å²) in [6, 6.07) is 3.02. The van der Waals surface area contributed by atoms with Crippen molar-refractivity contribution in [3.05, 3.63) is 29.0 Å². The summed E-state index contributed by atoms with van der Waals surface area (Å²) in [5.74, 6) is -1.80. The van der Waals surface area contributed by atoms with Crippen molar-refractivity contribution in [3.8, 4) is 0 Å². The van der Waals surface area contributed by atoms with Crippen LogP contribution in [0.15, 0.2) is 23.1 Å². The van der Waals surface area contributed by atoms with E-state index in [-0.39, 0.29) is 16.5 Å². The SMILES string of the molecule is O=C(O)C1CCC(CNS(=O)(=O)c2cc(F)ccc2Cl)O1. The van der Waals surface area contributed by atoms with Gasteiger partial charge in [-0.05, 0) is 31.0 Å². The molecular weight excluding hydrogens is 325 g/mol. The number of carboxylic acids is 1. The lowest BCUT2D eigenvalue weighted by atomic mass is 10.2. The van der Waals surface area contributed by atoms with Crippen molar-refractivity contribution in [1.29, 1.82) is 0 Å². The zero-order valence-corrected chi connectivity index (χ0v) is 12.3. The van der Waals surface area contributed by atoms with Crippen molar-refractivity contribution in [2.75, 3.05) is 6.54 Å². The Morgan fingerprint density at radius 1 is 1.48 bits per heavy atom. The minimum atomic E-state index is -3.99. The smallest absolute Gasteiger partial charge is 0.332 e. The Hall–Kier alpha value is -1.22. The zero-order chi connectivity index (χ0) is 15.6. The number of halogens is 2. The lowest BCUT2D eigenvalue weighted by Crippen LogP contribution is -2.33. The molecule has 0 bridgehead atoms. The van der Waals surface area contributed by atoms with Gasteiger partial charge in [-0.25, -0.2) is 22.3 Å². The predicted molar refractivity (Wildman–Crippen MR) is 72.1 cm³/mol. The monoisotopic (exact) mass is 337 g/mol. The topological polar surface area (TPSA) is 92.7 Å². The van der Waals surface area contributed by atoms with E-state index in [2.05, 4.69) is 4.72 Å². The van der Waals surface area contributed by atoms with E-state index in [0.717, 1.165) is 18.2 Å². The molecule has 1 fully saturated rings. The molecule has 0 amide bonds. The third-order valence-corrected chi connectivity index (χ3v) is 4.97. The average Bonchev–Trinajstić information content (AvgIpc) is 2.88. The van der Waals surface area contributed by atoms with Gasteiger partial charge in [0.25, 0.3) is 0 Å². The minimum absolute atomic E-state index is 0.0975. The molecule has 1 aromatic carbocycles. The number of benzene rings is 1. The minimum Gasteiger partial charge on any atom is -0.479 e. The van der Waals surface area contributed by atoms with Crippen LogP contribution < -0.4 is 4.72 Å². The summed E-state index contributed by atoms with van der Waals surface area (Å²) < 4.78 is 44.6. The number of nitrogens with one attached hydrogen (secondary N) is 1. The van der Waals surface area contributed by atoms with Gasteiger partial charge in [-0.1, -0.05) is 11.6 Å². The van der Waals surface area contributed by atoms with Crippen molar-refractivity contribution in [2.24, 2.45) is 0 Å². The van der Waals surface area contributed by atoms with Crippen LogP contribution in [0.25, 0.3) is 0 Å². The molecule has 1 heterocycles. The quantitative estimate of drug-likeness (QED) is 0.847. The molecular formula is C12H13ClFNO5S. The van der Waals surface area contributed by atoms with Gasteiger partial charge in [0, 0.05) is 6.54 Å². The van der Waals surface area contributed by atoms with Crippen LogP contribution in [0.5, 0.6) is 0 Å². The number of aliphatic carboxylic acids is 1. The molecule has 0 radical (unpaired) electrons. The average molecular weight is 338 g/mol. The van der Waals surface area contributed by atoms with Crippen LogP contribution in [0.3, 0.4) is 0 Å². The molecule has 116 valence electrons. The van der Waals surface area contributed by atoms with Crippen LogP contribution >= 0.6 is 11.6 Å². The number of carboxylic acid groups (broad SMARTS) is 1. The van der Waals surface area contributed by atoms with Crippen molar-refractivity contribution >= 4 is 27.6 Å². The first-order chi connectivity index (χ1) is 9.79. The van der Waals surface area contributed by atoms with Gasteiger partial charge in [0.2, 0.25) is 10.0 Å². The fourth-order valence-electron chi connectivity index (χ4n) is 2.00. The van der Waals surface area contributed by atoms with Crippen molar-refractivity contribution in [3.63, 3.8) is 0 Å². The van der Waals surface area contributed by atoms with E-state index in [0.29, 0.717) is 12.8 Å². The molecule has 1 aliphatic rings. The van der Waals surface area contributed by atoms with E-state index in [4.69, 9.17) is 21.4 Å². The molecule has 6 nitrogen and oxygen atoms in total. The van der Waals surface area contributed by atoms with Crippen LogP contribution in [0.2, 0.25) is 5.02 Å². The largest absolute Gasteiger partial charge is 0.479 e. The molecule has 1 aliphatic heterocycles. The van der Waals surface area contributed by atoms with E-state index in [1.165, 1.54) is 0 Å². The van der Waals surface area contributed by atoms with Crippen LogP contribution in [-0.2, 0) is 19.6 Å². The summed E-state index contributed by atoms with van der Waals surface area (Å²) in [7, 11) is -3.99. The summed E-state index contributed by atoms with van der Waals surface area (Å²) >= 11 is 5.75. The molecule has 2 atom stereocenters. The Morgan fingerprint density at radius 2 is 2.19 bits per heavy atom. The van der Waals surface area contributed by atoms with Crippen LogP contribution in [-0.4, -0.2) is 38.2 Å². The van der Waals surface area contributed by atoms with E-state index in [9.17, 15) is 17.6 Å². The first kappa shape index (κ1) is 16.2. The Labute approximate surface area is 125 Å². The summed E-state index contributed by atoms with van der Waals surface area (Å²) in [6.07, 6.45) is -0.704. The number of carbonyl (C=O) groups is 1. The summed E-state index contributed by atoms with van der Waals surface area (Å²) in [4.78, 5) is 10.4. The van der Waals surface area contributed by atoms with Crippen LogP contribution in [0.1, 0.15) is 12.8 Å². The maximum absolute atomic E-state index is 13.1. The molecule has 2 unspecified atom stereocenters. The zero-order valence-electron chi connectivity index (χ0n) is 10.8. The Bertz CT molecular complexity index is 651. The highest BCUT2D eigenvalue weighted by molar-refractivity contribution is 7.89. The van der Waals surface area contributed by atoms with Crippen molar-refractivity contribution < 1.29 is 27.4 Å². The maximum Gasteiger partial charge on any atom is 0.332 e. The molecule has 0 aromatic heterocycles. The number of hydrogen-bond donors (Lipinski definition) is 2. The van der Waals surface area contributed by atoms with Gasteiger partial charge in [0.1, 0.15) is 10.7 Å². The van der Waals surface area contributed by atoms with Gasteiger partial charge in [-0.3, -0.25) is 0 Å². The third kappa shape index (κ3) is 3.91. The number of rotatable bonds is 5. The molecule has 0 spiro atoms. The van der Waals surface area contributed by atoms with E-state index >= 15 is 0 Å². The second-order valence-electron chi connectivity index (χ2n) is 4.59. The molecule has 2 N–H and O–H groups in total. The molecule has 0 aliphatic carbocycles. The van der Waals surface area contributed by atoms with Crippen LogP contribution in [0.4, 0.5) is 4.39 Å². The van der Waals surface area contributed by atoms with Gasteiger partial charge in [-0.15, -0.1) is 0 Å². The Kier molecular flexibility index (Phi) is 4.82. The van der Waals surface area contributed by atoms with Gasteiger partial charge in [-0.2, -0.15) is 0 Å². The molecule has 21 heavy (non-hydrogen) atoms. The highest BCUT2D eigenvalue weighted by atomic mass is 35.5. The highest BCUT2D eigenvalue weighted by Gasteiger charge is 2.31. The Morgan fingerprint density at radius 3 is 2.81 bits per heavy atom. The van der Waals surface area contributed by atoms with Gasteiger partial charge < -0.3 is 9.84 Å².